The Bertz CT molecular complexity index is 438. The molecule has 0 spiro atoms. The van der Waals surface area contributed by atoms with Crippen LogP contribution in [-0.4, -0.2) is 32.0 Å². The number of likely N-dealkylation sites (N-methyl/N-ethyl adjacent to an activating group) is 1. The van der Waals surface area contributed by atoms with Gasteiger partial charge in [0.1, 0.15) is 0 Å². The zero-order valence-corrected chi connectivity index (χ0v) is 10.7. The first-order chi connectivity index (χ1) is 9.13. The number of rotatable bonds is 7. The number of amides is 2. The fraction of sp³-hybridized carbons (Fsp3) is 0.385. The van der Waals surface area contributed by atoms with Gasteiger partial charge in [-0.05, 0) is 18.6 Å². The monoisotopic (exact) mass is 268 g/mol. The number of carbonyl (C=O) groups excluding carboxylic acids is 2. The van der Waals surface area contributed by atoms with Crippen molar-refractivity contribution in [3.05, 3.63) is 30.1 Å². The van der Waals surface area contributed by atoms with Crippen molar-refractivity contribution < 1.29 is 18.7 Å². The predicted molar refractivity (Wildman–Crippen MR) is 68.2 cm³/mol. The molecule has 0 unspecified atom stereocenters. The summed E-state index contributed by atoms with van der Waals surface area (Å²) in [5.41, 5.74) is 0. The average molecular weight is 268 g/mol. The molecule has 0 aliphatic rings. The molecule has 0 heterocycles. The Balaban J connectivity index is 2.15. The summed E-state index contributed by atoms with van der Waals surface area (Å²) in [5, 5.41) is 4.86. The van der Waals surface area contributed by atoms with Crippen LogP contribution in [0.2, 0.25) is 0 Å². The molecule has 0 saturated heterocycles. The van der Waals surface area contributed by atoms with Gasteiger partial charge in [-0.2, -0.15) is 0 Å². The topological polar surface area (TPSA) is 67.4 Å². The maximum absolute atomic E-state index is 13.2. The van der Waals surface area contributed by atoms with Crippen LogP contribution in [0, 0.1) is 5.82 Å². The van der Waals surface area contributed by atoms with E-state index in [-0.39, 0.29) is 37.1 Å². The quantitative estimate of drug-likeness (QED) is 0.720. The van der Waals surface area contributed by atoms with Crippen molar-refractivity contribution in [1.82, 2.24) is 10.6 Å². The first-order valence-electron chi connectivity index (χ1n) is 5.98. The largest absolute Gasteiger partial charge is 0.491 e. The minimum Gasteiger partial charge on any atom is -0.491 e. The van der Waals surface area contributed by atoms with Crippen molar-refractivity contribution in [2.24, 2.45) is 0 Å². The fourth-order valence-corrected chi connectivity index (χ4v) is 1.33. The molecule has 1 aromatic rings. The van der Waals surface area contributed by atoms with E-state index in [1.807, 2.05) is 0 Å². The van der Waals surface area contributed by atoms with Crippen LogP contribution in [-0.2, 0) is 9.59 Å². The summed E-state index contributed by atoms with van der Waals surface area (Å²) >= 11 is 0. The molecule has 104 valence electrons. The summed E-state index contributed by atoms with van der Waals surface area (Å²) in [6.07, 6.45) is 0.680. The summed E-state index contributed by atoms with van der Waals surface area (Å²) in [4.78, 5) is 22.2. The number of para-hydroxylation sites is 1. The van der Waals surface area contributed by atoms with Gasteiger partial charge in [-0.1, -0.05) is 12.1 Å². The van der Waals surface area contributed by atoms with Crippen LogP contribution >= 0.6 is 0 Å². The number of hydrogen-bond donors (Lipinski definition) is 2. The lowest BCUT2D eigenvalue weighted by atomic mass is 10.3. The Morgan fingerprint density at radius 1 is 1.26 bits per heavy atom. The van der Waals surface area contributed by atoms with Crippen LogP contribution in [0.15, 0.2) is 24.3 Å². The molecule has 0 aliphatic heterocycles. The number of carbonyl (C=O) groups is 2. The third-order valence-corrected chi connectivity index (χ3v) is 2.37. The standard InChI is InChI=1S/C13H17FN2O3/c1-15-13(18)9-16-12(17)7-4-8-19-11-6-3-2-5-10(11)14/h2-3,5-6H,4,7-9H2,1H3,(H,15,18)(H,16,17). The van der Waals surface area contributed by atoms with Crippen molar-refractivity contribution in [2.75, 3.05) is 20.2 Å². The van der Waals surface area contributed by atoms with Gasteiger partial charge in [0, 0.05) is 13.5 Å². The maximum atomic E-state index is 13.2. The molecule has 0 bridgehead atoms. The highest BCUT2D eigenvalue weighted by atomic mass is 19.1. The molecule has 0 radical (unpaired) electrons. The number of ether oxygens (including phenoxy) is 1. The minimum atomic E-state index is -0.424. The van der Waals surface area contributed by atoms with Crippen LogP contribution in [0.4, 0.5) is 4.39 Å². The molecular weight excluding hydrogens is 251 g/mol. The van der Waals surface area contributed by atoms with Crippen LogP contribution < -0.4 is 15.4 Å². The van der Waals surface area contributed by atoms with Crippen LogP contribution in [0.25, 0.3) is 0 Å². The summed E-state index contributed by atoms with van der Waals surface area (Å²) < 4.78 is 18.4. The smallest absolute Gasteiger partial charge is 0.239 e. The molecule has 1 aromatic carbocycles. The highest BCUT2D eigenvalue weighted by Crippen LogP contribution is 2.15. The normalized spacial score (nSPS) is 9.79. The predicted octanol–water partition coefficient (Wildman–Crippen LogP) is 0.847. The maximum Gasteiger partial charge on any atom is 0.239 e. The van der Waals surface area contributed by atoms with Gasteiger partial charge in [-0.25, -0.2) is 4.39 Å². The molecule has 0 atom stereocenters. The van der Waals surface area contributed by atoms with E-state index in [0.29, 0.717) is 6.42 Å². The second-order valence-corrected chi connectivity index (χ2v) is 3.83. The molecule has 0 saturated carbocycles. The van der Waals surface area contributed by atoms with Crippen molar-refractivity contribution >= 4 is 11.8 Å². The van der Waals surface area contributed by atoms with Crippen molar-refractivity contribution in [3.8, 4) is 5.75 Å². The molecule has 6 heteroatoms. The molecule has 19 heavy (non-hydrogen) atoms. The van der Waals surface area contributed by atoms with Gasteiger partial charge in [0.25, 0.3) is 0 Å². The summed E-state index contributed by atoms with van der Waals surface area (Å²) in [6, 6.07) is 6.09. The van der Waals surface area contributed by atoms with Crippen molar-refractivity contribution in [3.63, 3.8) is 0 Å². The third-order valence-electron chi connectivity index (χ3n) is 2.37. The molecule has 2 N–H and O–H groups in total. The van der Waals surface area contributed by atoms with Gasteiger partial charge in [-0.15, -0.1) is 0 Å². The summed E-state index contributed by atoms with van der Waals surface area (Å²) in [6.45, 7) is 0.206. The average Bonchev–Trinajstić information content (AvgIpc) is 2.42. The summed E-state index contributed by atoms with van der Waals surface area (Å²) in [7, 11) is 1.50. The second kappa shape index (κ2) is 8.07. The van der Waals surface area contributed by atoms with Gasteiger partial charge in [0.05, 0.1) is 13.2 Å². The van der Waals surface area contributed by atoms with Gasteiger partial charge in [0.15, 0.2) is 11.6 Å². The Hall–Kier alpha value is -2.11. The SMILES string of the molecule is CNC(=O)CNC(=O)CCCOc1ccccc1F. The van der Waals surface area contributed by atoms with Crippen molar-refractivity contribution in [1.29, 1.82) is 0 Å². The molecule has 0 fully saturated rings. The first kappa shape index (κ1) is 14.9. The van der Waals surface area contributed by atoms with Gasteiger partial charge in [-0.3, -0.25) is 9.59 Å². The lowest BCUT2D eigenvalue weighted by Crippen LogP contribution is -2.35. The van der Waals surface area contributed by atoms with Crippen LogP contribution in [0.5, 0.6) is 5.75 Å². The number of hydrogen-bond acceptors (Lipinski definition) is 3. The van der Waals surface area contributed by atoms with Gasteiger partial charge < -0.3 is 15.4 Å². The van der Waals surface area contributed by atoms with Crippen LogP contribution in [0.3, 0.4) is 0 Å². The van der Waals surface area contributed by atoms with E-state index in [1.165, 1.54) is 19.2 Å². The van der Waals surface area contributed by atoms with Gasteiger partial charge in [0.2, 0.25) is 11.8 Å². The van der Waals surface area contributed by atoms with E-state index < -0.39 is 5.82 Å². The van der Waals surface area contributed by atoms with E-state index in [9.17, 15) is 14.0 Å². The van der Waals surface area contributed by atoms with Crippen LogP contribution in [0.1, 0.15) is 12.8 Å². The fourth-order valence-electron chi connectivity index (χ4n) is 1.33. The molecule has 0 aliphatic carbocycles. The van der Waals surface area contributed by atoms with E-state index in [0.717, 1.165) is 0 Å². The van der Waals surface area contributed by atoms with E-state index in [4.69, 9.17) is 4.74 Å². The van der Waals surface area contributed by atoms with E-state index >= 15 is 0 Å². The molecular formula is C13H17FN2O3. The van der Waals surface area contributed by atoms with Crippen molar-refractivity contribution in [2.45, 2.75) is 12.8 Å². The number of nitrogens with one attached hydrogen (secondary N) is 2. The number of benzene rings is 1. The first-order valence-corrected chi connectivity index (χ1v) is 5.98. The highest BCUT2D eigenvalue weighted by molar-refractivity contribution is 5.84. The molecule has 0 aromatic heterocycles. The Morgan fingerprint density at radius 2 is 2.00 bits per heavy atom. The molecule has 2 amide bonds. The Kier molecular flexibility index (Phi) is 6.35. The zero-order valence-electron chi connectivity index (χ0n) is 10.7. The lowest BCUT2D eigenvalue weighted by molar-refractivity contribution is -0.126. The lowest BCUT2D eigenvalue weighted by Gasteiger charge is -2.07. The Labute approximate surface area is 111 Å². The second-order valence-electron chi connectivity index (χ2n) is 3.83. The highest BCUT2D eigenvalue weighted by Gasteiger charge is 2.05. The molecule has 5 nitrogen and oxygen atoms in total. The zero-order chi connectivity index (χ0) is 14.1. The summed E-state index contributed by atoms with van der Waals surface area (Å²) in [5.74, 6) is -0.739. The minimum absolute atomic E-state index is 0.0382. The molecule has 1 rings (SSSR count). The van der Waals surface area contributed by atoms with E-state index in [1.54, 1.807) is 12.1 Å². The number of halogens is 1. The third kappa shape index (κ3) is 5.85. The van der Waals surface area contributed by atoms with E-state index in [2.05, 4.69) is 10.6 Å². The Morgan fingerprint density at radius 3 is 2.68 bits per heavy atom. The van der Waals surface area contributed by atoms with Gasteiger partial charge >= 0.3 is 0 Å².